The van der Waals surface area contributed by atoms with Crippen molar-refractivity contribution in [3.63, 3.8) is 0 Å². The van der Waals surface area contributed by atoms with Crippen LogP contribution >= 0.6 is 0 Å². The van der Waals surface area contributed by atoms with Gasteiger partial charge in [0.25, 0.3) is 0 Å². The lowest BCUT2D eigenvalue weighted by atomic mass is 10.1. The highest BCUT2D eigenvalue weighted by Crippen LogP contribution is 2.18. The molecule has 0 amide bonds. The molecule has 15 heavy (non-hydrogen) atoms. The fraction of sp³-hybridized carbons (Fsp3) is 0.500. The number of nitriles is 1. The van der Waals surface area contributed by atoms with Gasteiger partial charge in [-0.3, -0.25) is 0 Å². The molecule has 0 bridgehead atoms. The summed E-state index contributed by atoms with van der Waals surface area (Å²) in [5.74, 6) is 0.662. The van der Waals surface area contributed by atoms with E-state index < -0.39 is 0 Å². The first-order chi connectivity index (χ1) is 7.31. The van der Waals surface area contributed by atoms with Crippen molar-refractivity contribution in [1.82, 2.24) is 9.97 Å². The summed E-state index contributed by atoms with van der Waals surface area (Å²) in [6.07, 6.45) is 5.23. The van der Waals surface area contributed by atoms with E-state index in [1.807, 2.05) is 4.90 Å². The monoisotopic (exact) mass is 203 g/mol. The molecule has 0 aliphatic carbocycles. The molecule has 1 saturated heterocycles. The van der Waals surface area contributed by atoms with E-state index in [0.29, 0.717) is 11.5 Å². The van der Waals surface area contributed by atoms with Crippen LogP contribution in [-0.2, 0) is 0 Å². The Hall–Kier alpha value is -1.67. The summed E-state index contributed by atoms with van der Waals surface area (Å²) in [5.41, 5.74) is 6.26. The molecule has 0 radical (unpaired) electrons. The summed E-state index contributed by atoms with van der Waals surface area (Å²) in [4.78, 5) is 10.2. The summed E-state index contributed by atoms with van der Waals surface area (Å²) < 4.78 is 0. The highest BCUT2D eigenvalue weighted by Gasteiger charge is 2.20. The van der Waals surface area contributed by atoms with E-state index in [1.54, 1.807) is 6.20 Å². The number of nitrogens with two attached hydrogens (primary N) is 1. The zero-order chi connectivity index (χ0) is 10.7. The second-order valence-corrected chi connectivity index (χ2v) is 3.69. The lowest BCUT2D eigenvalue weighted by Crippen LogP contribution is -2.43. The van der Waals surface area contributed by atoms with Gasteiger partial charge >= 0.3 is 0 Å². The second kappa shape index (κ2) is 4.24. The number of rotatable bonds is 1. The van der Waals surface area contributed by atoms with Crippen molar-refractivity contribution in [3.05, 3.63) is 18.1 Å². The van der Waals surface area contributed by atoms with Gasteiger partial charge in [-0.1, -0.05) is 0 Å². The molecular weight excluding hydrogens is 190 g/mol. The summed E-state index contributed by atoms with van der Waals surface area (Å²) in [6, 6.07) is 2.23. The molecule has 2 N–H and O–H groups in total. The Morgan fingerprint density at radius 2 is 2.27 bits per heavy atom. The van der Waals surface area contributed by atoms with Crippen molar-refractivity contribution in [1.29, 1.82) is 5.26 Å². The first-order valence-electron chi connectivity index (χ1n) is 5.03. The van der Waals surface area contributed by atoms with Gasteiger partial charge in [-0.2, -0.15) is 5.26 Å². The SMILES string of the molecule is N#Cc1nccnc1N1CCCC(N)C1. The molecular formula is C10H13N5. The van der Waals surface area contributed by atoms with Gasteiger partial charge in [-0.05, 0) is 12.8 Å². The number of piperidine rings is 1. The predicted molar refractivity (Wildman–Crippen MR) is 56.2 cm³/mol. The number of hydrogen-bond donors (Lipinski definition) is 1. The minimum Gasteiger partial charge on any atom is -0.353 e. The van der Waals surface area contributed by atoms with Crippen LogP contribution in [0.2, 0.25) is 0 Å². The molecule has 78 valence electrons. The van der Waals surface area contributed by atoms with Gasteiger partial charge in [0.1, 0.15) is 6.07 Å². The highest BCUT2D eigenvalue weighted by atomic mass is 15.2. The number of hydrogen-bond acceptors (Lipinski definition) is 5. The van der Waals surface area contributed by atoms with E-state index in [0.717, 1.165) is 25.9 Å². The molecule has 1 unspecified atom stereocenters. The zero-order valence-electron chi connectivity index (χ0n) is 8.43. The van der Waals surface area contributed by atoms with Crippen molar-refractivity contribution in [2.75, 3.05) is 18.0 Å². The first kappa shape index (κ1) is 9.87. The third-order valence-electron chi connectivity index (χ3n) is 2.54. The fourth-order valence-electron chi connectivity index (χ4n) is 1.84. The van der Waals surface area contributed by atoms with Crippen LogP contribution in [-0.4, -0.2) is 29.1 Å². The first-order valence-corrected chi connectivity index (χ1v) is 5.03. The third-order valence-corrected chi connectivity index (χ3v) is 2.54. The lowest BCUT2D eigenvalue weighted by Gasteiger charge is -2.31. The Bertz CT molecular complexity index is 384. The quantitative estimate of drug-likeness (QED) is 0.709. The molecule has 5 nitrogen and oxygen atoms in total. The normalized spacial score (nSPS) is 21.1. The predicted octanol–water partition coefficient (Wildman–Crippen LogP) is 0.276. The number of nitrogens with zero attached hydrogens (tertiary/aromatic N) is 4. The van der Waals surface area contributed by atoms with Crippen LogP contribution in [0.1, 0.15) is 18.5 Å². The van der Waals surface area contributed by atoms with Crippen molar-refractivity contribution in [2.24, 2.45) is 5.73 Å². The summed E-state index contributed by atoms with van der Waals surface area (Å²) in [5, 5.41) is 8.90. The van der Waals surface area contributed by atoms with Gasteiger partial charge < -0.3 is 10.6 Å². The fourth-order valence-corrected chi connectivity index (χ4v) is 1.84. The molecule has 1 fully saturated rings. The molecule has 5 heteroatoms. The molecule has 2 heterocycles. The Morgan fingerprint density at radius 1 is 1.47 bits per heavy atom. The summed E-state index contributed by atoms with van der Waals surface area (Å²) in [7, 11) is 0. The maximum Gasteiger partial charge on any atom is 0.183 e. The topological polar surface area (TPSA) is 78.8 Å². The second-order valence-electron chi connectivity index (χ2n) is 3.69. The summed E-state index contributed by atoms with van der Waals surface area (Å²) in [6.45, 7) is 1.66. The van der Waals surface area contributed by atoms with Crippen LogP contribution in [0.25, 0.3) is 0 Å². The molecule has 0 saturated carbocycles. The van der Waals surface area contributed by atoms with E-state index in [9.17, 15) is 0 Å². The molecule has 1 atom stereocenters. The van der Waals surface area contributed by atoms with Gasteiger partial charge in [-0.15, -0.1) is 0 Å². The standard InChI is InChI=1S/C10H13N5/c11-6-9-10(14-4-3-13-9)15-5-1-2-8(12)7-15/h3-4,8H,1-2,5,7,12H2. The molecule has 0 aromatic carbocycles. The van der Waals surface area contributed by atoms with Crippen LogP contribution < -0.4 is 10.6 Å². The Morgan fingerprint density at radius 3 is 3.00 bits per heavy atom. The smallest absolute Gasteiger partial charge is 0.183 e. The Labute approximate surface area is 88.5 Å². The van der Waals surface area contributed by atoms with Gasteiger partial charge in [-0.25, -0.2) is 9.97 Å². The van der Waals surface area contributed by atoms with Crippen LogP contribution in [0, 0.1) is 11.3 Å². The van der Waals surface area contributed by atoms with Crippen LogP contribution in [0.5, 0.6) is 0 Å². The minimum absolute atomic E-state index is 0.173. The minimum atomic E-state index is 0.173. The van der Waals surface area contributed by atoms with E-state index >= 15 is 0 Å². The molecule has 2 rings (SSSR count). The van der Waals surface area contributed by atoms with Gasteiger partial charge in [0.05, 0.1) is 0 Å². The molecule has 1 aliphatic rings. The average Bonchev–Trinajstić information content (AvgIpc) is 2.29. The van der Waals surface area contributed by atoms with Crippen molar-refractivity contribution < 1.29 is 0 Å². The van der Waals surface area contributed by atoms with Gasteiger partial charge in [0, 0.05) is 31.5 Å². The Kier molecular flexibility index (Phi) is 2.79. The third kappa shape index (κ3) is 2.05. The molecule has 0 spiro atoms. The highest BCUT2D eigenvalue weighted by molar-refractivity contribution is 5.49. The van der Waals surface area contributed by atoms with Gasteiger partial charge in [0.15, 0.2) is 11.5 Å². The van der Waals surface area contributed by atoms with Gasteiger partial charge in [0.2, 0.25) is 0 Å². The van der Waals surface area contributed by atoms with E-state index in [4.69, 9.17) is 11.0 Å². The van der Waals surface area contributed by atoms with Crippen molar-refractivity contribution in [2.45, 2.75) is 18.9 Å². The van der Waals surface area contributed by atoms with Crippen LogP contribution in [0.4, 0.5) is 5.82 Å². The number of aromatic nitrogens is 2. The van der Waals surface area contributed by atoms with Crippen LogP contribution in [0.3, 0.4) is 0 Å². The number of anilines is 1. The molecule has 1 aromatic heterocycles. The van der Waals surface area contributed by atoms with E-state index in [2.05, 4.69) is 16.0 Å². The zero-order valence-corrected chi connectivity index (χ0v) is 8.43. The lowest BCUT2D eigenvalue weighted by molar-refractivity contribution is 0.502. The maximum absolute atomic E-state index is 8.90. The average molecular weight is 203 g/mol. The van der Waals surface area contributed by atoms with Crippen molar-refractivity contribution in [3.8, 4) is 6.07 Å². The molecule has 1 aliphatic heterocycles. The molecule has 1 aromatic rings. The van der Waals surface area contributed by atoms with Crippen LogP contribution in [0.15, 0.2) is 12.4 Å². The maximum atomic E-state index is 8.90. The largest absolute Gasteiger partial charge is 0.353 e. The van der Waals surface area contributed by atoms with E-state index in [-0.39, 0.29) is 6.04 Å². The van der Waals surface area contributed by atoms with E-state index in [1.165, 1.54) is 6.20 Å². The van der Waals surface area contributed by atoms with Crippen molar-refractivity contribution >= 4 is 5.82 Å². The summed E-state index contributed by atoms with van der Waals surface area (Å²) >= 11 is 0. The Balaban J connectivity index is 2.25.